The van der Waals surface area contributed by atoms with Crippen molar-refractivity contribution in [2.24, 2.45) is 0 Å². The third-order valence-electron chi connectivity index (χ3n) is 3.14. The van der Waals surface area contributed by atoms with Gasteiger partial charge in [-0.1, -0.05) is 54.6 Å². The molecule has 0 unspecified atom stereocenters. The number of carbonyl (C=O) groups is 1. The number of ketones is 1. The highest BCUT2D eigenvalue weighted by Gasteiger charge is 2.30. The van der Waals surface area contributed by atoms with Crippen LogP contribution in [0.1, 0.15) is 21.5 Å². The van der Waals surface area contributed by atoms with Gasteiger partial charge in [0.05, 0.1) is 12.7 Å². The summed E-state index contributed by atoms with van der Waals surface area (Å²) in [6, 6.07) is 17.2. The first-order valence-corrected chi connectivity index (χ1v) is 5.80. The summed E-state index contributed by atoms with van der Waals surface area (Å²) in [5.41, 5.74) is 3.15. The van der Waals surface area contributed by atoms with Gasteiger partial charge in [-0.25, -0.2) is 0 Å². The number of methoxy groups -OCH3 is 1. The zero-order chi connectivity index (χ0) is 12.5. The summed E-state index contributed by atoms with van der Waals surface area (Å²) in [6.45, 7) is 0. The molecule has 0 saturated carbocycles. The molecule has 1 aliphatic carbocycles. The summed E-state index contributed by atoms with van der Waals surface area (Å²) < 4.78 is 5.43. The third-order valence-corrected chi connectivity index (χ3v) is 3.14. The van der Waals surface area contributed by atoms with Gasteiger partial charge < -0.3 is 4.74 Å². The van der Waals surface area contributed by atoms with Crippen molar-refractivity contribution < 1.29 is 9.53 Å². The number of hydrogen-bond donors (Lipinski definition) is 0. The predicted octanol–water partition coefficient (Wildman–Crippen LogP) is 3.40. The van der Waals surface area contributed by atoms with Crippen LogP contribution >= 0.6 is 0 Å². The fourth-order valence-electron chi connectivity index (χ4n) is 2.33. The molecule has 2 aromatic rings. The standard InChI is InChI=1S/C16H12O2/c1-18-16-13-10-6-5-9-12(13)15(17)14(16)11-7-3-2-4-8-11/h2-10H,1H3. The molecule has 0 atom stereocenters. The van der Waals surface area contributed by atoms with Crippen LogP contribution in [0.25, 0.3) is 11.3 Å². The quantitative estimate of drug-likeness (QED) is 0.798. The van der Waals surface area contributed by atoms with Crippen molar-refractivity contribution in [3.8, 4) is 0 Å². The average Bonchev–Trinajstić information content (AvgIpc) is 2.73. The summed E-state index contributed by atoms with van der Waals surface area (Å²) in [4.78, 5) is 12.4. The Labute approximate surface area is 106 Å². The zero-order valence-corrected chi connectivity index (χ0v) is 10.0. The Morgan fingerprint density at radius 3 is 2.11 bits per heavy atom. The van der Waals surface area contributed by atoms with E-state index in [1.165, 1.54) is 0 Å². The predicted molar refractivity (Wildman–Crippen MR) is 71.0 cm³/mol. The smallest absolute Gasteiger partial charge is 0.198 e. The van der Waals surface area contributed by atoms with E-state index in [9.17, 15) is 4.79 Å². The summed E-state index contributed by atoms with van der Waals surface area (Å²) in [6.07, 6.45) is 0. The maximum absolute atomic E-state index is 12.4. The van der Waals surface area contributed by atoms with Gasteiger partial charge in [-0.2, -0.15) is 0 Å². The van der Waals surface area contributed by atoms with E-state index >= 15 is 0 Å². The van der Waals surface area contributed by atoms with Crippen LogP contribution in [0.15, 0.2) is 54.6 Å². The maximum Gasteiger partial charge on any atom is 0.198 e. The van der Waals surface area contributed by atoms with Crippen LogP contribution in [0, 0.1) is 0 Å². The van der Waals surface area contributed by atoms with Gasteiger partial charge in [-0.05, 0) is 5.56 Å². The van der Waals surface area contributed by atoms with Gasteiger partial charge in [0.15, 0.2) is 5.78 Å². The van der Waals surface area contributed by atoms with E-state index in [0.29, 0.717) is 16.9 Å². The van der Waals surface area contributed by atoms with Crippen LogP contribution in [-0.2, 0) is 4.74 Å². The second kappa shape index (κ2) is 4.15. The molecule has 2 aromatic carbocycles. The molecular formula is C16H12O2. The summed E-state index contributed by atoms with van der Waals surface area (Å²) >= 11 is 0. The van der Waals surface area contributed by atoms with Crippen molar-refractivity contribution in [3.05, 3.63) is 71.3 Å². The molecule has 0 fully saturated rings. The molecule has 0 amide bonds. The van der Waals surface area contributed by atoms with Crippen molar-refractivity contribution in [2.75, 3.05) is 7.11 Å². The van der Waals surface area contributed by atoms with Crippen LogP contribution in [0.3, 0.4) is 0 Å². The van der Waals surface area contributed by atoms with Crippen LogP contribution < -0.4 is 0 Å². The molecule has 1 aliphatic rings. The number of fused-ring (bicyclic) bond motifs is 1. The minimum Gasteiger partial charge on any atom is -0.495 e. The normalized spacial score (nSPS) is 13.7. The van der Waals surface area contributed by atoms with Crippen LogP contribution in [-0.4, -0.2) is 12.9 Å². The van der Waals surface area contributed by atoms with Gasteiger partial charge in [-0.15, -0.1) is 0 Å². The lowest BCUT2D eigenvalue weighted by atomic mass is 10.0. The second-order valence-corrected chi connectivity index (χ2v) is 4.15. The summed E-state index contributed by atoms with van der Waals surface area (Å²) in [7, 11) is 1.60. The monoisotopic (exact) mass is 236 g/mol. The molecule has 0 N–H and O–H groups in total. The SMILES string of the molecule is COC1=C(c2ccccc2)C(=O)c2ccccc21. The Morgan fingerprint density at radius 2 is 1.44 bits per heavy atom. The van der Waals surface area contributed by atoms with Crippen molar-refractivity contribution >= 4 is 17.1 Å². The first-order chi connectivity index (χ1) is 8.83. The number of ether oxygens (including phenoxy) is 1. The zero-order valence-electron chi connectivity index (χ0n) is 10.0. The number of Topliss-reactive ketones (excluding diaryl/α,β-unsaturated/α-hetero) is 1. The topological polar surface area (TPSA) is 26.3 Å². The van der Waals surface area contributed by atoms with Crippen LogP contribution in [0.5, 0.6) is 0 Å². The lowest BCUT2D eigenvalue weighted by molar-refractivity contribution is 0.105. The molecular weight excluding hydrogens is 224 g/mol. The van der Waals surface area contributed by atoms with E-state index < -0.39 is 0 Å². The average molecular weight is 236 g/mol. The Morgan fingerprint density at radius 1 is 0.833 bits per heavy atom. The molecule has 0 saturated heterocycles. The van der Waals surface area contributed by atoms with Crippen LogP contribution in [0.2, 0.25) is 0 Å². The Bertz CT molecular complexity index is 639. The van der Waals surface area contributed by atoms with E-state index in [-0.39, 0.29) is 5.78 Å². The Kier molecular flexibility index (Phi) is 2.49. The Hall–Kier alpha value is -2.35. The molecule has 0 aromatic heterocycles. The van der Waals surface area contributed by atoms with Crippen molar-refractivity contribution in [3.63, 3.8) is 0 Å². The summed E-state index contributed by atoms with van der Waals surface area (Å²) in [5.74, 6) is 0.704. The second-order valence-electron chi connectivity index (χ2n) is 4.15. The highest BCUT2D eigenvalue weighted by atomic mass is 16.5. The maximum atomic E-state index is 12.4. The first-order valence-electron chi connectivity index (χ1n) is 5.80. The molecule has 0 spiro atoms. The van der Waals surface area contributed by atoms with Crippen molar-refractivity contribution in [2.45, 2.75) is 0 Å². The van der Waals surface area contributed by atoms with Gasteiger partial charge in [0.2, 0.25) is 0 Å². The largest absolute Gasteiger partial charge is 0.495 e. The number of benzene rings is 2. The van der Waals surface area contributed by atoms with Gasteiger partial charge in [0.25, 0.3) is 0 Å². The van der Waals surface area contributed by atoms with E-state index in [1.807, 2.05) is 54.6 Å². The van der Waals surface area contributed by atoms with E-state index in [4.69, 9.17) is 4.74 Å². The molecule has 88 valence electrons. The lowest BCUT2D eigenvalue weighted by Crippen LogP contribution is -1.98. The molecule has 2 nitrogen and oxygen atoms in total. The van der Waals surface area contributed by atoms with E-state index in [1.54, 1.807) is 7.11 Å². The molecule has 0 radical (unpaired) electrons. The van der Waals surface area contributed by atoms with Gasteiger partial charge in [0, 0.05) is 11.1 Å². The number of hydrogen-bond acceptors (Lipinski definition) is 2. The van der Waals surface area contributed by atoms with Crippen molar-refractivity contribution in [1.29, 1.82) is 0 Å². The molecule has 18 heavy (non-hydrogen) atoms. The molecule has 3 rings (SSSR count). The number of carbonyl (C=O) groups excluding carboxylic acids is 1. The molecule has 2 heteroatoms. The minimum atomic E-state index is 0.0358. The highest BCUT2D eigenvalue weighted by molar-refractivity contribution is 6.39. The molecule has 0 bridgehead atoms. The van der Waals surface area contributed by atoms with Crippen molar-refractivity contribution in [1.82, 2.24) is 0 Å². The third kappa shape index (κ3) is 1.46. The van der Waals surface area contributed by atoms with Crippen LogP contribution in [0.4, 0.5) is 0 Å². The van der Waals surface area contributed by atoms with E-state index in [2.05, 4.69) is 0 Å². The minimum absolute atomic E-state index is 0.0358. The first kappa shape index (κ1) is 10.8. The van der Waals surface area contributed by atoms with Gasteiger partial charge in [0.1, 0.15) is 5.76 Å². The summed E-state index contributed by atoms with van der Waals surface area (Å²) in [5, 5.41) is 0. The van der Waals surface area contributed by atoms with Gasteiger partial charge >= 0.3 is 0 Å². The van der Waals surface area contributed by atoms with Gasteiger partial charge in [-0.3, -0.25) is 4.79 Å². The number of rotatable bonds is 2. The molecule has 0 aliphatic heterocycles. The Balaban J connectivity index is 2.24. The fourth-order valence-corrected chi connectivity index (χ4v) is 2.33. The molecule has 0 heterocycles. The number of allylic oxidation sites excluding steroid dienone is 1. The fraction of sp³-hybridized carbons (Fsp3) is 0.0625. The van der Waals surface area contributed by atoms with E-state index in [0.717, 1.165) is 11.1 Å². The highest BCUT2D eigenvalue weighted by Crippen LogP contribution is 2.38. The lowest BCUT2D eigenvalue weighted by Gasteiger charge is -2.05.